The largest absolute Gasteiger partial charge is 0.391 e. The molecule has 0 spiro atoms. The lowest BCUT2D eigenvalue weighted by Crippen LogP contribution is -2.37. The molecule has 0 saturated carbocycles. The average Bonchev–Trinajstić information content (AvgIpc) is 2.34. The minimum atomic E-state index is -1.14. The van der Waals surface area contributed by atoms with Crippen molar-refractivity contribution in [2.75, 3.05) is 36.9 Å². The van der Waals surface area contributed by atoms with Crippen molar-refractivity contribution in [3.63, 3.8) is 0 Å². The molecule has 2 rings (SSSR count). The number of rotatable bonds is 2. The first kappa shape index (κ1) is 12.5. The van der Waals surface area contributed by atoms with Crippen LogP contribution in [0.5, 0.6) is 0 Å². The van der Waals surface area contributed by atoms with Crippen LogP contribution in [0, 0.1) is 21.7 Å². The molecular weight excluding hydrogens is 248 g/mol. The first-order valence-corrected chi connectivity index (χ1v) is 5.27. The summed E-state index contributed by atoms with van der Waals surface area (Å²) in [5.74, 6) is -2.11. The normalized spacial score (nSPS) is 15.8. The molecule has 0 unspecified atom stereocenters. The molecule has 1 aromatic rings. The molecule has 6 nitrogen and oxygen atoms in total. The molecule has 1 aromatic carbocycles. The molecule has 0 atom stereocenters. The standard InChI is InChI=1S/C10H11F2N3O3/c11-6-5-7(14-1-3-18-4-2-14)8(12)9(13)10(6)15(16)17/h5H,1-4,13H2. The Morgan fingerprint density at radius 2 is 2.00 bits per heavy atom. The van der Waals surface area contributed by atoms with Crippen LogP contribution < -0.4 is 10.6 Å². The van der Waals surface area contributed by atoms with Crippen molar-refractivity contribution in [1.29, 1.82) is 0 Å². The van der Waals surface area contributed by atoms with E-state index in [-0.39, 0.29) is 5.69 Å². The van der Waals surface area contributed by atoms with Gasteiger partial charge in [-0.25, -0.2) is 4.39 Å². The quantitative estimate of drug-likeness (QED) is 0.491. The summed E-state index contributed by atoms with van der Waals surface area (Å²) in [5.41, 5.74) is 3.41. The van der Waals surface area contributed by atoms with E-state index in [1.807, 2.05) is 0 Å². The van der Waals surface area contributed by atoms with Gasteiger partial charge in [-0.3, -0.25) is 10.1 Å². The molecule has 0 bridgehead atoms. The fraction of sp³-hybridized carbons (Fsp3) is 0.400. The fourth-order valence-electron chi connectivity index (χ4n) is 1.84. The Hall–Kier alpha value is -1.96. The highest BCUT2D eigenvalue weighted by Crippen LogP contribution is 2.34. The Labute approximate surface area is 101 Å². The molecule has 98 valence electrons. The number of anilines is 2. The number of morpholine rings is 1. The second-order valence-corrected chi connectivity index (χ2v) is 3.81. The monoisotopic (exact) mass is 259 g/mol. The SMILES string of the molecule is Nc1c(F)c(N2CCOCC2)cc(F)c1[N+](=O)[O-]. The highest BCUT2D eigenvalue weighted by molar-refractivity contribution is 5.69. The van der Waals surface area contributed by atoms with Gasteiger partial charge in [-0.1, -0.05) is 0 Å². The number of nitro groups is 1. The lowest BCUT2D eigenvalue weighted by atomic mass is 10.2. The number of nitrogens with zero attached hydrogens (tertiary/aromatic N) is 2. The molecular formula is C10H11F2N3O3. The van der Waals surface area contributed by atoms with Crippen LogP contribution in [0.3, 0.4) is 0 Å². The first-order valence-electron chi connectivity index (χ1n) is 5.27. The van der Waals surface area contributed by atoms with E-state index in [1.165, 1.54) is 0 Å². The first-order chi connectivity index (χ1) is 8.52. The lowest BCUT2D eigenvalue weighted by molar-refractivity contribution is -0.386. The Kier molecular flexibility index (Phi) is 3.28. The van der Waals surface area contributed by atoms with Gasteiger partial charge in [0.15, 0.2) is 11.5 Å². The third kappa shape index (κ3) is 2.06. The second-order valence-electron chi connectivity index (χ2n) is 3.81. The number of ether oxygens (including phenoxy) is 1. The van der Waals surface area contributed by atoms with Crippen molar-refractivity contribution in [3.05, 3.63) is 27.8 Å². The Morgan fingerprint density at radius 3 is 2.56 bits per heavy atom. The summed E-state index contributed by atoms with van der Waals surface area (Å²) >= 11 is 0. The Morgan fingerprint density at radius 1 is 1.39 bits per heavy atom. The predicted molar refractivity (Wildman–Crippen MR) is 60.5 cm³/mol. The van der Waals surface area contributed by atoms with Gasteiger partial charge in [0.05, 0.1) is 23.8 Å². The summed E-state index contributed by atoms with van der Waals surface area (Å²) in [6.45, 7) is 1.54. The molecule has 8 heteroatoms. The molecule has 1 aliphatic rings. The summed E-state index contributed by atoms with van der Waals surface area (Å²) < 4.78 is 32.5. The van der Waals surface area contributed by atoms with Gasteiger partial charge in [0, 0.05) is 19.2 Å². The van der Waals surface area contributed by atoms with Crippen LogP contribution in [0.15, 0.2) is 6.07 Å². The maximum atomic E-state index is 13.9. The molecule has 1 aliphatic heterocycles. The van der Waals surface area contributed by atoms with E-state index in [0.29, 0.717) is 26.3 Å². The summed E-state index contributed by atoms with van der Waals surface area (Å²) in [6, 6.07) is 0.801. The summed E-state index contributed by atoms with van der Waals surface area (Å²) in [7, 11) is 0. The molecule has 0 aromatic heterocycles. The van der Waals surface area contributed by atoms with Crippen LogP contribution in [0.4, 0.5) is 25.8 Å². The molecule has 1 heterocycles. The van der Waals surface area contributed by atoms with Gasteiger partial charge >= 0.3 is 5.69 Å². The van der Waals surface area contributed by atoms with Gasteiger partial charge in [0.1, 0.15) is 0 Å². The molecule has 0 radical (unpaired) electrons. The van der Waals surface area contributed by atoms with Crippen LogP contribution >= 0.6 is 0 Å². The van der Waals surface area contributed by atoms with Gasteiger partial charge in [0.25, 0.3) is 0 Å². The summed E-state index contributed by atoms with van der Waals surface area (Å²) in [6.07, 6.45) is 0. The number of nitrogens with two attached hydrogens (primary N) is 1. The van der Waals surface area contributed by atoms with E-state index < -0.39 is 27.9 Å². The van der Waals surface area contributed by atoms with Crippen molar-refractivity contribution in [1.82, 2.24) is 0 Å². The van der Waals surface area contributed by atoms with Crippen molar-refractivity contribution in [3.8, 4) is 0 Å². The minimum absolute atomic E-state index is 0.0705. The minimum Gasteiger partial charge on any atom is -0.391 e. The predicted octanol–water partition coefficient (Wildman–Crippen LogP) is 1.29. The molecule has 0 aliphatic carbocycles. The van der Waals surface area contributed by atoms with Crippen LogP contribution in [0.25, 0.3) is 0 Å². The number of halogens is 2. The van der Waals surface area contributed by atoms with Gasteiger partial charge in [-0.05, 0) is 0 Å². The number of benzene rings is 1. The maximum Gasteiger partial charge on any atom is 0.330 e. The van der Waals surface area contributed by atoms with Crippen molar-refractivity contribution in [2.45, 2.75) is 0 Å². The summed E-state index contributed by atoms with van der Waals surface area (Å²) in [4.78, 5) is 11.1. The highest BCUT2D eigenvalue weighted by Gasteiger charge is 2.27. The van der Waals surface area contributed by atoms with Crippen molar-refractivity contribution in [2.24, 2.45) is 0 Å². The molecule has 0 amide bonds. The Balaban J connectivity index is 2.46. The second kappa shape index (κ2) is 4.73. The van der Waals surface area contributed by atoms with E-state index in [0.717, 1.165) is 6.07 Å². The topological polar surface area (TPSA) is 81.6 Å². The third-order valence-corrected chi connectivity index (χ3v) is 2.74. The average molecular weight is 259 g/mol. The molecule has 2 N–H and O–H groups in total. The lowest BCUT2D eigenvalue weighted by Gasteiger charge is -2.29. The van der Waals surface area contributed by atoms with E-state index in [9.17, 15) is 18.9 Å². The third-order valence-electron chi connectivity index (χ3n) is 2.74. The number of hydrogen-bond acceptors (Lipinski definition) is 5. The number of nitrogen functional groups attached to an aromatic ring is 1. The van der Waals surface area contributed by atoms with Gasteiger partial charge in [0.2, 0.25) is 5.82 Å². The van der Waals surface area contributed by atoms with Gasteiger partial charge in [-0.2, -0.15) is 4.39 Å². The van der Waals surface area contributed by atoms with E-state index in [1.54, 1.807) is 4.90 Å². The van der Waals surface area contributed by atoms with Crippen molar-refractivity contribution >= 4 is 17.1 Å². The fourth-order valence-corrected chi connectivity index (χ4v) is 1.84. The maximum absolute atomic E-state index is 13.9. The van der Waals surface area contributed by atoms with Crippen LogP contribution in [-0.4, -0.2) is 31.2 Å². The molecule has 1 fully saturated rings. The van der Waals surface area contributed by atoms with Crippen LogP contribution in [-0.2, 0) is 4.74 Å². The van der Waals surface area contributed by atoms with E-state index >= 15 is 0 Å². The Bertz CT molecular complexity index is 490. The zero-order valence-corrected chi connectivity index (χ0v) is 9.36. The zero-order chi connectivity index (χ0) is 13.3. The van der Waals surface area contributed by atoms with Crippen LogP contribution in [0.2, 0.25) is 0 Å². The zero-order valence-electron chi connectivity index (χ0n) is 9.36. The van der Waals surface area contributed by atoms with Gasteiger partial charge in [-0.15, -0.1) is 0 Å². The van der Waals surface area contributed by atoms with E-state index in [2.05, 4.69) is 0 Å². The smallest absolute Gasteiger partial charge is 0.330 e. The number of hydrogen-bond donors (Lipinski definition) is 1. The van der Waals surface area contributed by atoms with E-state index in [4.69, 9.17) is 10.5 Å². The highest BCUT2D eigenvalue weighted by atomic mass is 19.1. The molecule has 18 heavy (non-hydrogen) atoms. The molecule has 1 saturated heterocycles. The van der Waals surface area contributed by atoms with Crippen molar-refractivity contribution < 1.29 is 18.4 Å². The van der Waals surface area contributed by atoms with Crippen LogP contribution in [0.1, 0.15) is 0 Å². The number of nitro benzene ring substituents is 1. The van der Waals surface area contributed by atoms with Gasteiger partial charge < -0.3 is 15.4 Å². The summed E-state index contributed by atoms with van der Waals surface area (Å²) in [5, 5.41) is 10.6.